The molecule has 1 aliphatic rings. The number of nitrogens with one attached hydrogen (secondary N) is 1. The summed E-state index contributed by atoms with van der Waals surface area (Å²) >= 11 is 0. The molecule has 1 heterocycles. The normalized spacial score (nSPS) is 20.9. The number of hydrogen-bond acceptors (Lipinski definition) is 6. The molecule has 2 atom stereocenters. The molecule has 0 saturated carbocycles. The molecule has 27 heavy (non-hydrogen) atoms. The van der Waals surface area contributed by atoms with Gasteiger partial charge in [0.25, 0.3) is 5.69 Å². The van der Waals surface area contributed by atoms with Gasteiger partial charge in [0.2, 0.25) is 15.9 Å². The molecule has 1 aliphatic heterocycles. The molecule has 0 bridgehead atoms. The van der Waals surface area contributed by atoms with Gasteiger partial charge in [0.1, 0.15) is 5.69 Å². The first-order valence-electron chi connectivity index (χ1n) is 8.75. The number of piperidine rings is 1. The van der Waals surface area contributed by atoms with E-state index in [1.165, 1.54) is 21.3 Å². The first-order chi connectivity index (χ1) is 12.5. The molecule has 0 aromatic heterocycles. The standard InChI is InChI=1S/C17H26N4O5S/c1-12-7-13(2)11-20(10-12)27(25,26)14-5-6-15(16(8-14)21(23)24)18-9-17(22)19(3)4/h5-6,8,12-13,18H,7,9-11H2,1-4H3/t12-,13-/m0/s1. The number of likely N-dealkylation sites (N-methyl/N-ethyl adjacent to an activating group) is 1. The van der Waals surface area contributed by atoms with Gasteiger partial charge in [0.15, 0.2) is 0 Å². The second kappa shape index (κ2) is 8.22. The second-order valence-corrected chi connectivity index (χ2v) is 9.28. The first-order valence-corrected chi connectivity index (χ1v) is 10.2. The van der Waals surface area contributed by atoms with Gasteiger partial charge in [-0.25, -0.2) is 8.42 Å². The van der Waals surface area contributed by atoms with Crippen molar-refractivity contribution in [2.45, 2.75) is 25.2 Å². The largest absolute Gasteiger partial charge is 0.371 e. The number of anilines is 1. The predicted molar refractivity (Wildman–Crippen MR) is 102 cm³/mol. The topological polar surface area (TPSA) is 113 Å². The zero-order chi connectivity index (χ0) is 20.4. The summed E-state index contributed by atoms with van der Waals surface area (Å²) in [6, 6.07) is 3.74. The van der Waals surface area contributed by atoms with Gasteiger partial charge in [0, 0.05) is 33.3 Å². The van der Waals surface area contributed by atoms with E-state index >= 15 is 0 Å². The van der Waals surface area contributed by atoms with Crippen LogP contribution >= 0.6 is 0 Å². The van der Waals surface area contributed by atoms with Crippen LogP contribution in [-0.4, -0.2) is 62.2 Å². The van der Waals surface area contributed by atoms with E-state index in [2.05, 4.69) is 5.32 Å². The van der Waals surface area contributed by atoms with Crippen molar-refractivity contribution in [3.05, 3.63) is 28.3 Å². The quantitative estimate of drug-likeness (QED) is 0.577. The first kappa shape index (κ1) is 21.1. The van der Waals surface area contributed by atoms with Gasteiger partial charge in [-0.3, -0.25) is 14.9 Å². The summed E-state index contributed by atoms with van der Waals surface area (Å²) in [6.45, 7) is 4.67. The van der Waals surface area contributed by atoms with Crippen LogP contribution in [-0.2, 0) is 14.8 Å². The van der Waals surface area contributed by atoms with Gasteiger partial charge in [-0.1, -0.05) is 13.8 Å². The minimum atomic E-state index is -3.82. The summed E-state index contributed by atoms with van der Waals surface area (Å²) in [5.41, 5.74) is -0.268. The van der Waals surface area contributed by atoms with Crippen molar-refractivity contribution in [3.63, 3.8) is 0 Å². The highest BCUT2D eigenvalue weighted by Crippen LogP contribution is 2.31. The fourth-order valence-electron chi connectivity index (χ4n) is 3.25. The summed E-state index contributed by atoms with van der Waals surface area (Å²) < 4.78 is 27.3. The molecule has 0 spiro atoms. The lowest BCUT2D eigenvalue weighted by molar-refractivity contribution is -0.384. The summed E-state index contributed by atoms with van der Waals surface area (Å²) in [5.74, 6) is 0.213. The van der Waals surface area contributed by atoms with Gasteiger partial charge < -0.3 is 10.2 Å². The summed E-state index contributed by atoms with van der Waals surface area (Å²) in [6.07, 6.45) is 0.953. The van der Waals surface area contributed by atoms with Crippen LogP contribution in [0, 0.1) is 22.0 Å². The second-order valence-electron chi connectivity index (χ2n) is 7.35. The van der Waals surface area contributed by atoms with E-state index in [1.54, 1.807) is 14.1 Å². The molecule has 2 rings (SSSR count). The molecule has 0 radical (unpaired) electrons. The van der Waals surface area contributed by atoms with Crippen LogP contribution < -0.4 is 5.32 Å². The van der Waals surface area contributed by atoms with Crippen molar-refractivity contribution in [1.29, 1.82) is 0 Å². The highest BCUT2D eigenvalue weighted by atomic mass is 32.2. The van der Waals surface area contributed by atoms with Crippen molar-refractivity contribution in [2.75, 3.05) is 39.0 Å². The highest BCUT2D eigenvalue weighted by molar-refractivity contribution is 7.89. The van der Waals surface area contributed by atoms with Gasteiger partial charge in [-0.2, -0.15) is 4.31 Å². The average molecular weight is 398 g/mol. The smallest absolute Gasteiger partial charge is 0.293 e. The third-order valence-corrected chi connectivity index (χ3v) is 6.40. The molecule has 1 fully saturated rings. The Kier molecular flexibility index (Phi) is 6.42. The number of hydrogen-bond donors (Lipinski definition) is 1. The molecular weight excluding hydrogens is 372 g/mol. The van der Waals surface area contributed by atoms with Crippen molar-refractivity contribution in [2.24, 2.45) is 11.8 Å². The molecule has 1 aromatic rings. The zero-order valence-electron chi connectivity index (χ0n) is 16.0. The minimum Gasteiger partial charge on any atom is -0.371 e. The molecule has 1 N–H and O–H groups in total. The third-order valence-electron chi connectivity index (χ3n) is 4.57. The average Bonchev–Trinajstić information content (AvgIpc) is 2.58. The zero-order valence-corrected chi connectivity index (χ0v) is 16.8. The third kappa shape index (κ3) is 4.95. The molecule has 9 nitrogen and oxygen atoms in total. The Balaban J connectivity index is 2.31. The van der Waals surface area contributed by atoms with Crippen LogP contribution in [0.15, 0.2) is 23.1 Å². The van der Waals surface area contributed by atoms with Crippen LogP contribution in [0.25, 0.3) is 0 Å². The fourth-order valence-corrected chi connectivity index (χ4v) is 4.95. The number of carbonyl (C=O) groups excluding carboxylic acids is 1. The van der Waals surface area contributed by atoms with Crippen molar-refractivity contribution >= 4 is 27.3 Å². The van der Waals surface area contributed by atoms with Crippen LogP contribution in [0.3, 0.4) is 0 Å². The SMILES string of the molecule is C[C@H]1C[C@H](C)CN(S(=O)(=O)c2ccc(NCC(=O)N(C)C)c([N+](=O)[O-])c2)C1. The Morgan fingerprint density at radius 1 is 1.30 bits per heavy atom. The fraction of sp³-hybridized carbons (Fsp3) is 0.588. The summed E-state index contributed by atoms with van der Waals surface area (Å²) in [7, 11) is -0.663. The molecule has 150 valence electrons. The van der Waals surface area contributed by atoms with Crippen molar-refractivity contribution in [3.8, 4) is 0 Å². The van der Waals surface area contributed by atoms with E-state index in [0.717, 1.165) is 12.5 Å². The number of rotatable bonds is 6. The molecule has 1 saturated heterocycles. The van der Waals surface area contributed by atoms with E-state index in [9.17, 15) is 23.3 Å². The molecular formula is C17H26N4O5S. The van der Waals surface area contributed by atoms with Crippen LogP contribution in [0.2, 0.25) is 0 Å². The Hall–Kier alpha value is -2.20. The lowest BCUT2D eigenvalue weighted by Crippen LogP contribution is -2.42. The van der Waals surface area contributed by atoms with Crippen LogP contribution in [0.1, 0.15) is 20.3 Å². The van der Waals surface area contributed by atoms with E-state index in [-0.39, 0.29) is 40.6 Å². The van der Waals surface area contributed by atoms with Crippen LogP contribution in [0.5, 0.6) is 0 Å². The number of nitro groups is 1. The van der Waals surface area contributed by atoms with Crippen molar-refractivity contribution < 1.29 is 18.1 Å². The van der Waals surface area contributed by atoms with E-state index in [1.807, 2.05) is 13.8 Å². The van der Waals surface area contributed by atoms with Gasteiger partial charge in [-0.15, -0.1) is 0 Å². The molecule has 1 amide bonds. The Morgan fingerprint density at radius 2 is 1.89 bits per heavy atom. The molecule has 0 unspecified atom stereocenters. The summed E-state index contributed by atoms with van der Waals surface area (Å²) in [5, 5.41) is 14.1. The lowest BCUT2D eigenvalue weighted by atomic mass is 9.94. The highest BCUT2D eigenvalue weighted by Gasteiger charge is 2.33. The maximum Gasteiger partial charge on any atom is 0.293 e. The lowest BCUT2D eigenvalue weighted by Gasteiger charge is -2.34. The van der Waals surface area contributed by atoms with E-state index in [0.29, 0.717) is 13.1 Å². The van der Waals surface area contributed by atoms with Crippen molar-refractivity contribution in [1.82, 2.24) is 9.21 Å². The maximum absolute atomic E-state index is 12.9. The Morgan fingerprint density at radius 3 is 2.41 bits per heavy atom. The molecule has 0 aliphatic carbocycles. The maximum atomic E-state index is 12.9. The van der Waals surface area contributed by atoms with E-state index < -0.39 is 14.9 Å². The Labute approximate surface area is 159 Å². The Bertz CT molecular complexity index is 815. The molecule has 10 heteroatoms. The van der Waals surface area contributed by atoms with Gasteiger partial charge in [-0.05, 0) is 30.4 Å². The number of nitrogens with zero attached hydrogens (tertiary/aromatic N) is 3. The van der Waals surface area contributed by atoms with Gasteiger partial charge in [0.05, 0.1) is 16.4 Å². The number of amides is 1. The van der Waals surface area contributed by atoms with E-state index in [4.69, 9.17) is 0 Å². The number of sulfonamides is 1. The predicted octanol–water partition coefficient (Wildman–Crippen LogP) is 1.76. The minimum absolute atomic E-state index is 0.106. The van der Waals surface area contributed by atoms with Gasteiger partial charge >= 0.3 is 0 Å². The van der Waals surface area contributed by atoms with Crippen LogP contribution in [0.4, 0.5) is 11.4 Å². The number of benzene rings is 1. The monoisotopic (exact) mass is 398 g/mol. The number of carbonyl (C=O) groups is 1. The number of nitro benzene ring substituents is 1. The summed E-state index contributed by atoms with van der Waals surface area (Å²) in [4.78, 5) is 23.7. The molecule has 1 aromatic carbocycles.